The number of carboxylic acids is 1. The van der Waals surface area contributed by atoms with E-state index in [0.29, 0.717) is 6.42 Å². The third kappa shape index (κ3) is 4.25. The summed E-state index contributed by atoms with van der Waals surface area (Å²) in [5.74, 6) is -2.37. The molecule has 0 aliphatic rings. The molecule has 0 spiro atoms. The Hall–Kier alpha value is 0.400. The molecule has 1 unspecified atom stereocenters. The Morgan fingerprint density at radius 2 is 1.90 bits per heavy atom. The Balaban J connectivity index is 0. The molecule has 0 saturated heterocycles. The van der Waals surface area contributed by atoms with Crippen LogP contribution in [-0.4, -0.2) is 54.6 Å². The molecule has 0 saturated carbocycles. The summed E-state index contributed by atoms with van der Waals surface area (Å²) in [5.41, 5.74) is 0. The molecule has 56 valence electrons. The van der Waals surface area contributed by atoms with Crippen molar-refractivity contribution >= 4 is 49.5 Å². The average molecular weight is 172 g/mol. The van der Waals surface area contributed by atoms with Crippen LogP contribution in [0, 0.1) is 5.92 Å². The third-order valence-corrected chi connectivity index (χ3v) is 1.27. The summed E-state index contributed by atoms with van der Waals surface area (Å²) in [6, 6.07) is 0. The summed E-state index contributed by atoms with van der Waals surface area (Å²) in [7, 11) is 0. The first-order chi connectivity index (χ1) is 4.09. The fourth-order valence-electron chi connectivity index (χ4n) is 0.396. The second-order valence-electron chi connectivity index (χ2n) is 1.98. The minimum absolute atomic E-state index is 0. The van der Waals surface area contributed by atoms with Crippen molar-refractivity contribution in [2.24, 2.45) is 5.92 Å². The molecule has 0 heterocycles. The number of hydrogen-bond acceptors (Lipinski definition) is 2. The van der Waals surface area contributed by atoms with Crippen LogP contribution in [0.1, 0.15) is 20.3 Å². The van der Waals surface area contributed by atoms with Gasteiger partial charge in [0.1, 0.15) is 0 Å². The first kappa shape index (κ1) is 13.0. The van der Waals surface area contributed by atoms with Gasteiger partial charge < -0.3 is 5.11 Å². The molecule has 0 radical (unpaired) electrons. The summed E-state index contributed by atoms with van der Waals surface area (Å²) in [6.45, 7) is 3.39. The number of ketones is 1. The number of Topliss-reactive ketones (excluding diaryl/α,β-unsaturated/α-hetero) is 1. The number of carbonyl (C=O) groups excluding carboxylic acids is 1. The standard InChI is InChI=1S/C6H10O3.Ca.2H/c1-3-4(2)5(7)6(8)9;;;/h4H,3H2,1-2H3,(H,8,9);;;. The van der Waals surface area contributed by atoms with E-state index in [1.165, 1.54) is 0 Å². The normalized spacial score (nSPS) is 11.4. The molecular formula is C6H12CaO3. The Labute approximate surface area is 89.8 Å². The molecule has 0 aromatic heterocycles. The Kier molecular flexibility index (Phi) is 7.99. The molecule has 0 rings (SSSR count). The van der Waals surface area contributed by atoms with Gasteiger partial charge in [0.25, 0.3) is 0 Å². The van der Waals surface area contributed by atoms with Crippen molar-refractivity contribution in [2.75, 3.05) is 0 Å². The van der Waals surface area contributed by atoms with Crippen LogP contribution >= 0.6 is 0 Å². The second-order valence-corrected chi connectivity index (χ2v) is 1.98. The molecule has 0 aromatic carbocycles. The van der Waals surface area contributed by atoms with Crippen LogP contribution in [0.2, 0.25) is 0 Å². The van der Waals surface area contributed by atoms with E-state index in [0.717, 1.165) is 0 Å². The van der Waals surface area contributed by atoms with Gasteiger partial charge in [-0.1, -0.05) is 13.8 Å². The van der Waals surface area contributed by atoms with Crippen molar-refractivity contribution in [1.29, 1.82) is 0 Å². The maximum absolute atomic E-state index is 10.5. The maximum atomic E-state index is 10.5. The topological polar surface area (TPSA) is 54.4 Å². The van der Waals surface area contributed by atoms with Gasteiger partial charge in [-0.05, 0) is 6.42 Å². The van der Waals surface area contributed by atoms with Crippen molar-refractivity contribution in [3.8, 4) is 0 Å². The van der Waals surface area contributed by atoms with Crippen molar-refractivity contribution in [3.05, 3.63) is 0 Å². The molecular weight excluding hydrogens is 160 g/mol. The molecule has 10 heavy (non-hydrogen) atoms. The Morgan fingerprint density at radius 1 is 1.50 bits per heavy atom. The number of hydrogen-bond donors (Lipinski definition) is 1. The van der Waals surface area contributed by atoms with Gasteiger partial charge in [-0.25, -0.2) is 4.79 Å². The van der Waals surface area contributed by atoms with Gasteiger partial charge in [0, 0.05) is 5.92 Å². The quantitative estimate of drug-likeness (QED) is 0.472. The minimum atomic E-state index is -1.33. The molecule has 0 amide bonds. The number of carbonyl (C=O) groups is 2. The molecule has 0 aliphatic carbocycles. The molecule has 0 aliphatic heterocycles. The number of carboxylic acid groups (broad SMARTS) is 1. The zero-order valence-electron chi connectivity index (χ0n) is 5.55. The van der Waals surface area contributed by atoms with Crippen molar-refractivity contribution in [2.45, 2.75) is 20.3 Å². The number of rotatable bonds is 3. The van der Waals surface area contributed by atoms with Crippen molar-refractivity contribution < 1.29 is 14.7 Å². The van der Waals surface area contributed by atoms with E-state index in [-0.39, 0.29) is 43.7 Å². The van der Waals surface area contributed by atoms with E-state index in [2.05, 4.69) is 0 Å². The van der Waals surface area contributed by atoms with Gasteiger partial charge in [-0.15, -0.1) is 0 Å². The van der Waals surface area contributed by atoms with Crippen molar-refractivity contribution in [1.82, 2.24) is 0 Å². The first-order valence-electron chi connectivity index (χ1n) is 2.86. The molecule has 0 aromatic rings. The molecule has 1 atom stereocenters. The van der Waals surface area contributed by atoms with Crippen LogP contribution in [0.15, 0.2) is 0 Å². The monoisotopic (exact) mass is 172 g/mol. The van der Waals surface area contributed by atoms with E-state index in [4.69, 9.17) is 5.11 Å². The van der Waals surface area contributed by atoms with E-state index >= 15 is 0 Å². The van der Waals surface area contributed by atoms with Crippen LogP contribution in [0.3, 0.4) is 0 Å². The summed E-state index contributed by atoms with van der Waals surface area (Å²) in [5, 5.41) is 8.13. The summed E-state index contributed by atoms with van der Waals surface area (Å²) in [4.78, 5) is 20.4. The van der Waals surface area contributed by atoms with Gasteiger partial charge in [-0.2, -0.15) is 0 Å². The molecule has 4 heteroatoms. The van der Waals surface area contributed by atoms with E-state index in [9.17, 15) is 9.59 Å². The zero-order valence-corrected chi connectivity index (χ0v) is 5.55. The Morgan fingerprint density at radius 3 is 2.00 bits per heavy atom. The molecule has 0 fully saturated rings. The van der Waals surface area contributed by atoms with Gasteiger partial charge in [0.05, 0.1) is 0 Å². The fourth-order valence-corrected chi connectivity index (χ4v) is 0.396. The average Bonchev–Trinajstić information content (AvgIpc) is 1.84. The zero-order chi connectivity index (χ0) is 7.44. The van der Waals surface area contributed by atoms with E-state index < -0.39 is 11.8 Å². The van der Waals surface area contributed by atoms with Gasteiger partial charge >= 0.3 is 43.7 Å². The second kappa shape index (κ2) is 6.13. The SMILES string of the molecule is CCC(C)C(=O)C(=O)O.[CaH2]. The van der Waals surface area contributed by atoms with Crippen LogP contribution < -0.4 is 0 Å². The Bertz CT molecular complexity index is 133. The number of aliphatic carboxylic acids is 1. The van der Waals surface area contributed by atoms with E-state index in [1.54, 1.807) is 13.8 Å². The van der Waals surface area contributed by atoms with Crippen LogP contribution in [0.5, 0.6) is 0 Å². The molecule has 1 N–H and O–H groups in total. The first-order valence-corrected chi connectivity index (χ1v) is 2.86. The van der Waals surface area contributed by atoms with Crippen LogP contribution in [0.4, 0.5) is 0 Å². The van der Waals surface area contributed by atoms with Crippen molar-refractivity contribution in [3.63, 3.8) is 0 Å². The summed E-state index contributed by atoms with van der Waals surface area (Å²) < 4.78 is 0. The summed E-state index contributed by atoms with van der Waals surface area (Å²) in [6.07, 6.45) is 0.588. The van der Waals surface area contributed by atoms with Gasteiger partial charge in [-0.3, -0.25) is 4.79 Å². The van der Waals surface area contributed by atoms with E-state index in [1.807, 2.05) is 0 Å². The third-order valence-electron chi connectivity index (χ3n) is 1.27. The van der Waals surface area contributed by atoms with Gasteiger partial charge in [0.2, 0.25) is 5.78 Å². The van der Waals surface area contributed by atoms with Crippen LogP contribution in [0.25, 0.3) is 0 Å². The molecule has 3 nitrogen and oxygen atoms in total. The predicted molar refractivity (Wildman–Crippen MR) is 40.6 cm³/mol. The molecule has 0 bridgehead atoms. The van der Waals surface area contributed by atoms with Crippen LogP contribution in [-0.2, 0) is 9.59 Å². The summed E-state index contributed by atoms with van der Waals surface area (Å²) >= 11 is 0. The van der Waals surface area contributed by atoms with Gasteiger partial charge in [0.15, 0.2) is 0 Å². The fraction of sp³-hybridized carbons (Fsp3) is 0.667. The predicted octanol–water partition coefficient (Wildman–Crippen LogP) is -0.230.